The van der Waals surface area contributed by atoms with Crippen molar-refractivity contribution in [3.8, 4) is 17.9 Å². The lowest BCUT2D eigenvalue weighted by Gasteiger charge is -2.16. The second kappa shape index (κ2) is 11.9. The highest BCUT2D eigenvalue weighted by atomic mass is 32.2. The maximum atomic E-state index is 13.4. The number of nitrogens with zero attached hydrogens (tertiary/aromatic N) is 4. The van der Waals surface area contributed by atoms with E-state index in [0.717, 1.165) is 18.4 Å². The molecule has 1 amide bonds. The largest absolute Gasteiger partial charge is 0.493 e. The van der Waals surface area contributed by atoms with Crippen molar-refractivity contribution < 1.29 is 17.9 Å². The van der Waals surface area contributed by atoms with Gasteiger partial charge in [-0.2, -0.15) is 10.5 Å². The van der Waals surface area contributed by atoms with Crippen molar-refractivity contribution >= 4 is 27.6 Å². The molecule has 2 heterocycles. The molecule has 0 saturated heterocycles. The molecule has 0 aliphatic carbocycles. The summed E-state index contributed by atoms with van der Waals surface area (Å²) in [5.74, 6) is 0.117. The van der Waals surface area contributed by atoms with Gasteiger partial charge in [0, 0.05) is 25.5 Å². The number of amides is 1. The van der Waals surface area contributed by atoms with Gasteiger partial charge in [0.05, 0.1) is 28.2 Å². The second-order valence-electron chi connectivity index (χ2n) is 8.83. The van der Waals surface area contributed by atoms with Crippen LogP contribution in [0.1, 0.15) is 66.2 Å². The van der Waals surface area contributed by atoms with Gasteiger partial charge in [0.25, 0.3) is 15.9 Å². The van der Waals surface area contributed by atoms with Crippen LogP contribution in [0.25, 0.3) is 0 Å². The first kappa shape index (κ1) is 28.4. The molecule has 0 aliphatic heterocycles. The summed E-state index contributed by atoms with van der Waals surface area (Å²) in [5.41, 5.74) is 1.96. The number of sulfonamides is 1. The number of hydrogen-bond donors (Lipinski definition) is 2. The number of aromatic nitrogens is 2. The summed E-state index contributed by atoms with van der Waals surface area (Å²) >= 11 is 0. The number of benzene rings is 1. The average molecular weight is 537 g/mol. The fraction of sp³-hybridized carbons (Fsp3) is 0.370. The third-order valence-electron chi connectivity index (χ3n) is 5.96. The molecule has 2 N–H and O–H groups in total. The molecule has 0 atom stereocenters. The molecule has 0 radical (unpaired) electrons. The normalized spacial score (nSPS) is 11.0. The Morgan fingerprint density at radius 3 is 2.03 bits per heavy atom. The van der Waals surface area contributed by atoms with Crippen LogP contribution < -0.4 is 14.8 Å². The predicted molar refractivity (Wildman–Crippen MR) is 145 cm³/mol. The summed E-state index contributed by atoms with van der Waals surface area (Å²) in [6.07, 6.45) is 5.06. The topological polar surface area (TPSA) is 142 Å². The lowest BCUT2D eigenvalue weighted by atomic mass is 10.1. The maximum absolute atomic E-state index is 13.4. The first-order valence-electron chi connectivity index (χ1n) is 12.4. The first-order chi connectivity index (χ1) is 18.1. The number of hydrogen-bond acceptors (Lipinski definition) is 6. The smallest absolute Gasteiger partial charge is 0.263 e. The fourth-order valence-corrected chi connectivity index (χ4v) is 5.36. The third kappa shape index (κ3) is 5.68. The number of aryl methyl sites for hydroxylation is 4. The van der Waals surface area contributed by atoms with Gasteiger partial charge in [0.1, 0.15) is 29.5 Å². The van der Waals surface area contributed by atoms with Crippen molar-refractivity contribution in [2.45, 2.75) is 65.4 Å². The Bertz CT molecular complexity index is 1540. The number of carbonyl (C=O) groups is 1. The predicted octanol–water partition coefficient (Wildman–Crippen LogP) is 4.92. The molecule has 3 aromatic rings. The van der Waals surface area contributed by atoms with Crippen LogP contribution in [0.4, 0.5) is 11.6 Å². The molecule has 0 spiro atoms. The van der Waals surface area contributed by atoms with Crippen molar-refractivity contribution in [1.29, 1.82) is 10.5 Å². The summed E-state index contributed by atoms with van der Waals surface area (Å²) in [6, 6.07) is 8.21. The molecule has 200 valence electrons. The van der Waals surface area contributed by atoms with Crippen LogP contribution in [0.3, 0.4) is 0 Å². The van der Waals surface area contributed by atoms with Gasteiger partial charge in [-0.1, -0.05) is 13.8 Å². The van der Waals surface area contributed by atoms with Gasteiger partial charge >= 0.3 is 0 Å². The summed E-state index contributed by atoms with van der Waals surface area (Å²) in [6.45, 7) is 10.6. The molecule has 1 aromatic carbocycles. The molecule has 38 heavy (non-hydrogen) atoms. The van der Waals surface area contributed by atoms with E-state index in [9.17, 15) is 23.7 Å². The lowest BCUT2D eigenvalue weighted by molar-refractivity contribution is 0.102. The van der Waals surface area contributed by atoms with Crippen molar-refractivity contribution in [3.63, 3.8) is 0 Å². The average Bonchev–Trinajstić information content (AvgIpc) is 3.33. The molecule has 0 fully saturated rings. The van der Waals surface area contributed by atoms with E-state index in [1.807, 2.05) is 13.8 Å². The summed E-state index contributed by atoms with van der Waals surface area (Å²) in [7, 11) is -4.17. The number of ether oxygens (including phenoxy) is 1. The maximum Gasteiger partial charge on any atom is 0.263 e. The van der Waals surface area contributed by atoms with Gasteiger partial charge in [0.2, 0.25) is 0 Å². The van der Waals surface area contributed by atoms with Crippen LogP contribution in [0, 0.1) is 36.5 Å². The number of anilines is 2. The molecule has 0 bridgehead atoms. The minimum absolute atomic E-state index is 0.00106. The Morgan fingerprint density at radius 1 is 0.947 bits per heavy atom. The van der Waals surface area contributed by atoms with Crippen molar-refractivity contribution in [1.82, 2.24) is 9.13 Å². The van der Waals surface area contributed by atoms with Gasteiger partial charge in [-0.3, -0.25) is 9.52 Å². The summed E-state index contributed by atoms with van der Waals surface area (Å²) in [4.78, 5) is 13.3. The van der Waals surface area contributed by atoms with E-state index in [1.165, 1.54) is 18.2 Å². The molecule has 0 saturated carbocycles. The molecular weight excluding hydrogens is 504 g/mol. The highest BCUT2D eigenvalue weighted by Gasteiger charge is 2.25. The van der Waals surface area contributed by atoms with Crippen molar-refractivity contribution in [3.05, 3.63) is 58.4 Å². The Balaban J connectivity index is 2.05. The standard InChI is InChI=1S/C27H32N6O4S/c1-6-11-32-16-18(4)22(14-28)25(32)30-27(34)21-13-20(9-10-24(21)37-8-3)38(35,36)31-26-23(15-29)19(5)17-33(26)12-7-2/h9-10,13,16-17,31H,6-8,11-12H2,1-5H3,(H,30,34). The second-order valence-corrected chi connectivity index (χ2v) is 10.5. The fourth-order valence-electron chi connectivity index (χ4n) is 4.24. The Hall–Kier alpha value is -4.22. The molecule has 0 unspecified atom stereocenters. The van der Waals surface area contributed by atoms with E-state index in [-0.39, 0.29) is 34.2 Å². The van der Waals surface area contributed by atoms with E-state index in [2.05, 4.69) is 22.2 Å². The molecule has 11 heteroatoms. The minimum Gasteiger partial charge on any atom is -0.493 e. The zero-order valence-electron chi connectivity index (χ0n) is 22.3. The van der Waals surface area contributed by atoms with Gasteiger partial charge in [0.15, 0.2) is 0 Å². The van der Waals surface area contributed by atoms with Gasteiger partial charge in [-0.05, 0) is 62.9 Å². The van der Waals surface area contributed by atoms with Crippen LogP contribution in [0.5, 0.6) is 5.75 Å². The lowest BCUT2D eigenvalue weighted by Crippen LogP contribution is -2.20. The van der Waals surface area contributed by atoms with E-state index in [4.69, 9.17) is 4.74 Å². The van der Waals surface area contributed by atoms with Gasteiger partial charge in [-0.25, -0.2) is 8.42 Å². The highest BCUT2D eigenvalue weighted by Crippen LogP contribution is 2.29. The third-order valence-corrected chi connectivity index (χ3v) is 7.29. The Kier molecular flexibility index (Phi) is 8.87. The zero-order valence-corrected chi connectivity index (χ0v) is 23.1. The number of rotatable bonds is 11. The van der Waals surface area contributed by atoms with E-state index in [1.54, 1.807) is 42.3 Å². The summed E-state index contributed by atoms with van der Waals surface area (Å²) in [5, 5.41) is 22.0. The van der Waals surface area contributed by atoms with Crippen molar-refractivity contribution in [2.24, 2.45) is 0 Å². The van der Waals surface area contributed by atoms with Gasteiger partial charge < -0.3 is 19.2 Å². The molecule has 2 aromatic heterocycles. The van der Waals surface area contributed by atoms with E-state index < -0.39 is 15.9 Å². The Morgan fingerprint density at radius 2 is 1.50 bits per heavy atom. The van der Waals surface area contributed by atoms with Crippen LogP contribution in [-0.4, -0.2) is 30.1 Å². The zero-order chi connectivity index (χ0) is 28.0. The monoisotopic (exact) mass is 536 g/mol. The summed E-state index contributed by atoms with van der Waals surface area (Å²) < 4.78 is 38.5. The number of nitrogens with one attached hydrogen (secondary N) is 2. The quantitative estimate of drug-likeness (QED) is 0.356. The number of carbonyl (C=O) groups excluding carboxylic acids is 1. The van der Waals surface area contributed by atoms with Crippen LogP contribution >= 0.6 is 0 Å². The van der Waals surface area contributed by atoms with Crippen LogP contribution in [0.15, 0.2) is 35.5 Å². The van der Waals surface area contributed by atoms with Crippen molar-refractivity contribution in [2.75, 3.05) is 16.6 Å². The SMILES string of the molecule is CCCn1cc(C)c(C#N)c1NC(=O)c1cc(S(=O)(=O)Nc2c(C#N)c(C)cn2CCC)ccc1OCC. The molecular formula is C27H32N6O4S. The molecule has 10 nitrogen and oxygen atoms in total. The Labute approximate surface area is 223 Å². The first-order valence-corrected chi connectivity index (χ1v) is 13.9. The van der Waals surface area contributed by atoms with Crippen LogP contribution in [0.2, 0.25) is 0 Å². The minimum atomic E-state index is -4.17. The number of nitriles is 2. The molecule has 3 rings (SSSR count). The highest BCUT2D eigenvalue weighted by molar-refractivity contribution is 7.92. The van der Waals surface area contributed by atoms with Gasteiger partial charge in [-0.15, -0.1) is 0 Å². The van der Waals surface area contributed by atoms with E-state index >= 15 is 0 Å². The van der Waals surface area contributed by atoms with Crippen LogP contribution in [-0.2, 0) is 23.1 Å². The van der Waals surface area contributed by atoms with E-state index in [0.29, 0.717) is 30.0 Å². The molecule has 0 aliphatic rings.